The van der Waals surface area contributed by atoms with Crippen LogP contribution in [-0.4, -0.2) is 24.3 Å². The monoisotopic (exact) mass is 208 g/mol. The molecule has 1 saturated heterocycles. The van der Waals surface area contributed by atoms with Crippen molar-refractivity contribution in [2.45, 2.75) is 18.6 Å². The molecule has 1 aliphatic heterocycles. The number of aliphatic hydroxyl groups excluding tert-OH is 1. The van der Waals surface area contributed by atoms with Crippen molar-refractivity contribution >= 4 is 5.97 Å². The second kappa shape index (κ2) is 3.90. The van der Waals surface area contributed by atoms with Crippen LogP contribution in [0.5, 0.6) is 5.75 Å². The Morgan fingerprint density at radius 1 is 1.40 bits per heavy atom. The number of hydrogen-bond donors (Lipinski definition) is 1. The fourth-order valence-electron chi connectivity index (χ4n) is 1.59. The molecule has 0 saturated carbocycles. The summed E-state index contributed by atoms with van der Waals surface area (Å²) in [6, 6.07) is 7.26. The highest BCUT2D eigenvalue weighted by Crippen LogP contribution is 2.30. The average Bonchev–Trinajstić information content (AvgIpc) is 2.59. The quantitative estimate of drug-likeness (QED) is 0.738. The van der Waals surface area contributed by atoms with Crippen LogP contribution in [-0.2, 0) is 9.53 Å². The molecule has 1 N–H and O–H groups in total. The maximum Gasteiger partial charge on any atom is 0.335 e. The number of esters is 1. The Morgan fingerprint density at radius 3 is 2.53 bits per heavy atom. The molecule has 2 atom stereocenters. The molecule has 1 aromatic carbocycles. The van der Waals surface area contributed by atoms with Crippen molar-refractivity contribution < 1.29 is 19.4 Å². The van der Waals surface area contributed by atoms with Gasteiger partial charge >= 0.3 is 5.97 Å². The van der Waals surface area contributed by atoms with Gasteiger partial charge in [-0.1, -0.05) is 12.1 Å². The second-order valence-electron chi connectivity index (χ2n) is 3.45. The van der Waals surface area contributed by atoms with E-state index in [1.807, 2.05) is 12.1 Å². The van der Waals surface area contributed by atoms with E-state index in [2.05, 4.69) is 0 Å². The van der Waals surface area contributed by atoms with E-state index in [1.165, 1.54) is 0 Å². The molecule has 80 valence electrons. The molecule has 15 heavy (non-hydrogen) atoms. The van der Waals surface area contributed by atoms with Crippen LogP contribution in [0.1, 0.15) is 18.1 Å². The lowest BCUT2D eigenvalue weighted by molar-refractivity contribution is -0.147. The summed E-state index contributed by atoms with van der Waals surface area (Å²) in [4.78, 5) is 11.0. The topological polar surface area (TPSA) is 55.8 Å². The molecule has 1 heterocycles. The van der Waals surface area contributed by atoms with Gasteiger partial charge in [0, 0.05) is 6.42 Å². The van der Waals surface area contributed by atoms with Gasteiger partial charge in [0.2, 0.25) is 0 Å². The first-order valence-electron chi connectivity index (χ1n) is 4.73. The molecule has 0 aliphatic carbocycles. The molecule has 2 rings (SSSR count). The zero-order valence-electron chi connectivity index (χ0n) is 8.34. The highest BCUT2D eigenvalue weighted by atomic mass is 16.6. The SMILES string of the molecule is COc1ccc([C@H]2C[C@@H](O)C(=O)O2)cc1. The van der Waals surface area contributed by atoms with E-state index in [0.29, 0.717) is 6.42 Å². The van der Waals surface area contributed by atoms with Gasteiger partial charge in [0.05, 0.1) is 7.11 Å². The summed E-state index contributed by atoms with van der Waals surface area (Å²) in [5.74, 6) is 0.208. The van der Waals surface area contributed by atoms with Crippen molar-refractivity contribution in [3.8, 4) is 5.75 Å². The number of methoxy groups -OCH3 is 1. The van der Waals surface area contributed by atoms with Gasteiger partial charge in [0.1, 0.15) is 11.9 Å². The third kappa shape index (κ3) is 1.94. The van der Waals surface area contributed by atoms with Crippen molar-refractivity contribution in [3.63, 3.8) is 0 Å². The van der Waals surface area contributed by atoms with Crippen LogP contribution in [0, 0.1) is 0 Å². The maximum atomic E-state index is 11.0. The molecular formula is C11H12O4. The molecule has 4 nitrogen and oxygen atoms in total. The second-order valence-corrected chi connectivity index (χ2v) is 3.45. The van der Waals surface area contributed by atoms with Gasteiger partial charge in [-0.15, -0.1) is 0 Å². The third-order valence-electron chi connectivity index (χ3n) is 2.46. The lowest BCUT2D eigenvalue weighted by Gasteiger charge is -2.09. The Bertz CT molecular complexity index is 357. The van der Waals surface area contributed by atoms with Crippen molar-refractivity contribution in [1.82, 2.24) is 0 Å². The largest absolute Gasteiger partial charge is 0.497 e. The van der Waals surface area contributed by atoms with Crippen LogP contribution in [0.4, 0.5) is 0 Å². The molecule has 1 aromatic rings. The van der Waals surface area contributed by atoms with E-state index in [-0.39, 0.29) is 6.10 Å². The Hall–Kier alpha value is -1.55. The summed E-state index contributed by atoms with van der Waals surface area (Å²) in [5, 5.41) is 9.23. The molecular weight excluding hydrogens is 196 g/mol. The third-order valence-corrected chi connectivity index (χ3v) is 2.46. The summed E-state index contributed by atoms with van der Waals surface area (Å²) in [5.41, 5.74) is 0.876. The minimum absolute atomic E-state index is 0.325. The summed E-state index contributed by atoms with van der Waals surface area (Å²) >= 11 is 0. The van der Waals surface area contributed by atoms with Gasteiger partial charge < -0.3 is 14.6 Å². The molecule has 0 amide bonds. The highest BCUT2D eigenvalue weighted by Gasteiger charge is 2.33. The van der Waals surface area contributed by atoms with Gasteiger partial charge in [-0.25, -0.2) is 4.79 Å². The standard InChI is InChI=1S/C11H12O4/c1-14-8-4-2-7(3-5-8)10-6-9(12)11(13)15-10/h2-5,9-10,12H,6H2,1H3/t9-,10-/m1/s1. The number of carbonyl (C=O) groups is 1. The van der Waals surface area contributed by atoms with Crippen molar-refractivity contribution in [2.75, 3.05) is 7.11 Å². The minimum atomic E-state index is -0.989. The van der Waals surface area contributed by atoms with Crippen LogP contribution in [0.25, 0.3) is 0 Å². The van der Waals surface area contributed by atoms with Crippen LogP contribution in [0.2, 0.25) is 0 Å². The number of carbonyl (C=O) groups excluding carboxylic acids is 1. The predicted molar refractivity (Wildman–Crippen MR) is 52.5 cm³/mol. The molecule has 1 fully saturated rings. The molecule has 0 spiro atoms. The summed E-state index contributed by atoms with van der Waals surface area (Å²) < 4.78 is 10.0. The van der Waals surface area contributed by atoms with Crippen LogP contribution < -0.4 is 4.74 Å². The predicted octanol–water partition coefficient (Wildman–Crippen LogP) is 1.04. The number of cyclic esters (lactones) is 1. The molecule has 0 unspecified atom stereocenters. The first-order chi connectivity index (χ1) is 7.20. The zero-order chi connectivity index (χ0) is 10.8. The van der Waals surface area contributed by atoms with E-state index < -0.39 is 12.1 Å². The first kappa shape index (κ1) is 9.98. The van der Waals surface area contributed by atoms with E-state index in [0.717, 1.165) is 11.3 Å². The summed E-state index contributed by atoms with van der Waals surface area (Å²) in [6.45, 7) is 0. The van der Waals surface area contributed by atoms with Gasteiger partial charge in [-0.05, 0) is 17.7 Å². The van der Waals surface area contributed by atoms with Gasteiger partial charge in [0.25, 0.3) is 0 Å². The molecule has 0 radical (unpaired) electrons. The zero-order valence-corrected chi connectivity index (χ0v) is 8.34. The number of aliphatic hydroxyl groups is 1. The van der Waals surface area contributed by atoms with Gasteiger partial charge in [-0.2, -0.15) is 0 Å². The minimum Gasteiger partial charge on any atom is -0.497 e. The fraction of sp³-hybridized carbons (Fsp3) is 0.364. The van der Waals surface area contributed by atoms with E-state index >= 15 is 0 Å². The van der Waals surface area contributed by atoms with Crippen LogP contribution >= 0.6 is 0 Å². The smallest absolute Gasteiger partial charge is 0.335 e. The summed E-state index contributed by atoms with van der Waals surface area (Å²) in [6.07, 6.45) is -0.999. The first-order valence-corrected chi connectivity index (χ1v) is 4.73. The number of benzene rings is 1. The number of ether oxygens (including phenoxy) is 2. The fourth-order valence-corrected chi connectivity index (χ4v) is 1.59. The van der Waals surface area contributed by atoms with Crippen molar-refractivity contribution in [1.29, 1.82) is 0 Å². The highest BCUT2D eigenvalue weighted by molar-refractivity contribution is 5.76. The molecule has 0 aromatic heterocycles. The lowest BCUT2D eigenvalue weighted by atomic mass is 10.1. The Balaban J connectivity index is 2.13. The lowest BCUT2D eigenvalue weighted by Crippen LogP contribution is -2.11. The maximum absolute atomic E-state index is 11.0. The van der Waals surface area contributed by atoms with E-state index in [4.69, 9.17) is 9.47 Å². The Morgan fingerprint density at radius 2 is 2.07 bits per heavy atom. The van der Waals surface area contributed by atoms with Crippen molar-refractivity contribution in [2.24, 2.45) is 0 Å². The molecule has 1 aliphatic rings. The van der Waals surface area contributed by atoms with Crippen LogP contribution in [0.15, 0.2) is 24.3 Å². The van der Waals surface area contributed by atoms with E-state index in [9.17, 15) is 9.90 Å². The molecule has 4 heteroatoms. The summed E-state index contributed by atoms with van der Waals surface area (Å²) in [7, 11) is 1.59. The Labute approximate surface area is 87.4 Å². The number of rotatable bonds is 2. The Kier molecular flexibility index (Phi) is 2.60. The van der Waals surface area contributed by atoms with E-state index in [1.54, 1.807) is 19.2 Å². The average molecular weight is 208 g/mol. The molecule has 0 bridgehead atoms. The van der Waals surface area contributed by atoms with Gasteiger partial charge in [-0.3, -0.25) is 0 Å². The normalized spacial score (nSPS) is 25.1. The van der Waals surface area contributed by atoms with Crippen LogP contribution in [0.3, 0.4) is 0 Å². The van der Waals surface area contributed by atoms with Crippen molar-refractivity contribution in [3.05, 3.63) is 29.8 Å². The number of hydrogen-bond acceptors (Lipinski definition) is 4. The van der Waals surface area contributed by atoms with Gasteiger partial charge in [0.15, 0.2) is 6.10 Å².